The Hall–Kier alpha value is -1.28. The first-order valence-electron chi connectivity index (χ1n) is 7.23. The highest BCUT2D eigenvalue weighted by Gasteiger charge is 2.28. The smallest absolute Gasteiger partial charge is 0.240 e. The van der Waals surface area contributed by atoms with Crippen LogP contribution in [0.4, 0.5) is 0 Å². The van der Waals surface area contributed by atoms with Gasteiger partial charge in [0, 0.05) is 10.9 Å². The number of thiophene rings is 1. The molecule has 2 atom stereocenters. The summed E-state index contributed by atoms with van der Waals surface area (Å²) in [5.74, 6) is 1.15. The zero-order valence-corrected chi connectivity index (χ0v) is 12.6. The highest BCUT2D eigenvalue weighted by Crippen LogP contribution is 2.30. The Kier molecular flexibility index (Phi) is 4.64. The minimum absolute atomic E-state index is 0.271. The van der Waals surface area contributed by atoms with E-state index in [1.807, 2.05) is 17.5 Å². The number of nitrogens with zero attached hydrogens (tertiary/aromatic N) is 3. The van der Waals surface area contributed by atoms with Crippen LogP contribution in [0.1, 0.15) is 42.0 Å². The van der Waals surface area contributed by atoms with E-state index in [-0.39, 0.29) is 12.6 Å². The van der Waals surface area contributed by atoms with Gasteiger partial charge < -0.3 is 15.4 Å². The van der Waals surface area contributed by atoms with Crippen LogP contribution in [0.15, 0.2) is 22.0 Å². The number of rotatable bonds is 6. The van der Waals surface area contributed by atoms with Crippen molar-refractivity contribution in [3.63, 3.8) is 0 Å². The second-order valence-corrected chi connectivity index (χ2v) is 6.32. The lowest BCUT2D eigenvalue weighted by atomic mass is 10.1. The molecule has 1 aliphatic heterocycles. The van der Waals surface area contributed by atoms with Crippen molar-refractivity contribution in [2.24, 2.45) is 5.73 Å². The van der Waals surface area contributed by atoms with Gasteiger partial charge in [-0.25, -0.2) is 0 Å². The average molecular weight is 308 g/mol. The van der Waals surface area contributed by atoms with Crippen molar-refractivity contribution in [3.8, 4) is 0 Å². The molecule has 0 amide bonds. The third-order valence-electron chi connectivity index (χ3n) is 3.90. The Morgan fingerprint density at radius 3 is 3.19 bits per heavy atom. The van der Waals surface area contributed by atoms with Crippen LogP contribution < -0.4 is 5.73 Å². The Bertz CT molecular complexity index is 557. The van der Waals surface area contributed by atoms with Crippen molar-refractivity contribution >= 4 is 11.3 Å². The minimum atomic E-state index is -0.388. The van der Waals surface area contributed by atoms with Crippen molar-refractivity contribution in [2.45, 2.75) is 44.5 Å². The maximum Gasteiger partial charge on any atom is 0.240 e. The quantitative estimate of drug-likeness (QED) is 0.844. The Labute approximate surface area is 127 Å². The monoisotopic (exact) mass is 308 g/mol. The fraction of sp³-hybridized carbons (Fsp3) is 0.571. The molecule has 0 radical (unpaired) electrons. The zero-order chi connectivity index (χ0) is 14.7. The van der Waals surface area contributed by atoms with Crippen LogP contribution in [0.25, 0.3) is 0 Å². The zero-order valence-electron chi connectivity index (χ0n) is 11.8. The molecule has 3 N–H and O–H groups in total. The molecule has 3 heterocycles. The topological polar surface area (TPSA) is 88.4 Å². The molecule has 2 aromatic heterocycles. The summed E-state index contributed by atoms with van der Waals surface area (Å²) in [4.78, 5) is 7.61. The molecule has 2 unspecified atom stereocenters. The largest absolute Gasteiger partial charge is 0.388 e. The van der Waals surface area contributed by atoms with Crippen molar-refractivity contribution in [3.05, 3.63) is 34.1 Å². The lowest BCUT2D eigenvalue weighted by molar-refractivity contribution is 0.119. The van der Waals surface area contributed by atoms with E-state index in [9.17, 15) is 5.11 Å². The number of hydrogen-bond acceptors (Lipinski definition) is 7. The number of likely N-dealkylation sites (tertiary alicyclic amines) is 1. The molecule has 114 valence electrons. The third-order valence-corrected chi connectivity index (χ3v) is 4.87. The van der Waals surface area contributed by atoms with Crippen molar-refractivity contribution < 1.29 is 9.63 Å². The van der Waals surface area contributed by atoms with E-state index in [0.717, 1.165) is 30.7 Å². The molecule has 1 saturated heterocycles. The summed E-state index contributed by atoms with van der Waals surface area (Å²) in [5, 5.41) is 16.3. The molecule has 6 nitrogen and oxygen atoms in total. The molecule has 0 saturated carbocycles. The summed E-state index contributed by atoms with van der Waals surface area (Å²) in [7, 11) is 0. The standard InChI is InChI=1S/C14H20N4O2S/c15-8-14-16-13(17-20-14)9-18-5-1-3-10(18)7-11(19)12-4-2-6-21-12/h2,4,6,10-11,19H,1,3,5,7-9,15H2. The summed E-state index contributed by atoms with van der Waals surface area (Å²) < 4.78 is 5.04. The lowest BCUT2D eigenvalue weighted by Gasteiger charge is -2.24. The van der Waals surface area contributed by atoms with Gasteiger partial charge in [-0.05, 0) is 37.3 Å². The number of hydrogen-bond donors (Lipinski definition) is 2. The Balaban J connectivity index is 1.60. The SMILES string of the molecule is NCc1nc(CN2CCCC2CC(O)c2cccs2)no1. The van der Waals surface area contributed by atoms with E-state index in [0.29, 0.717) is 24.3 Å². The number of aliphatic hydroxyl groups excluding tert-OH is 1. The van der Waals surface area contributed by atoms with Crippen LogP contribution in [-0.4, -0.2) is 32.7 Å². The van der Waals surface area contributed by atoms with Crippen LogP contribution in [0.5, 0.6) is 0 Å². The van der Waals surface area contributed by atoms with Gasteiger partial charge in [-0.15, -0.1) is 11.3 Å². The number of nitrogens with two attached hydrogens (primary N) is 1. The molecule has 0 aliphatic carbocycles. The normalized spacial score (nSPS) is 21.0. The second kappa shape index (κ2) is 6.65. The van der Waals surface area contributed by atoms with Crippen molar-refractivity contribution in [1.29, 1.82) is 0 Å². The molecule has 21 heavy (non-hydrogen) atoms. The maximum absolute atomic E-state index is 10.3. The first kappa shape index (κ1) is 14.6. The van der Waals surface area contributed by atoms with E-state index in [4.69, 9.17) is 10.3 Å². The summed E-state index contributed by atoms with van der Waals surface area (Å²) in [5.41, 5.74) is 5.48. The second-order valence-electron chi connectivity index (χ2n) is 5.34. The molecule has 1 aliphatic rings. The highest BCUT2D eigenvalue weighted by molar-refractivity contribution is 7.10. The fourth-order valence-corrected chi connectivity index (χ4v) is 3.57. The van der Waals surface area contributed by atoms with Gasteiger partial charge in [-0.1, -0.05) is 11.2 Å². The van der Waals surface area contributed by atoms with E-state index in [2.05, 4.69) is 15.0 Å². The molecule has 0 aromatic carbocycles. The van der Waals surface area contributed by atoms with Crippen LogP contribution in [-0.2, 0) is 13.1 Å². The molecule has 2 aromatic rings. The van der Waals surface area contributed by atoms with Crippen LogP contribution >= 0.6 is 11.3 Å². The summed E-state index contributed by atoms with van der Waals surface area (Å²) >= 11 is 1.60. The van der Waals surface area contributed by atoms with E-state index < -0.39 is 0 Å². The van der Waals surface area contributed by atoms with Gasteiger partial charge in [0.25, 0.3) is 0 Å². The van der Waals surface area contributed by atoms with Crippen LogP contribution in [0.3, 0.4) is 0 Å². The third kappa shape index (κ3) is 3.49. The number of aliphatic hydroxyl groups is 1. The number of aromatic nitrogens is 2. The van der Waals surface area contributed by atoms with Gasteiger partial charge in [-0.3, -0.25) is 4.90 Å². The molecule has 7 heteroatoms. The molecule has 0 bridgehead atoms. The van der Waals surface area contributed by atoms with E-state index in [1.165, 1.54) is 0 Å². The van der Waals surface area contributed by atoms with E-state index >= 15 is 0 Å². The van der Waals surface area contributed by atoms with Crippen LogP contribution in [0, 0.1) is 0 Å². The highest BCUT2D eigenvalue weighted by atomic mass is 32.1. The predicted octanol–water partition coefficient (Wildman–Crippen LogP) is 1.68. The van der Waals surface area contributed by atoms with Gasteiger partial charge >= 0.3 is 0 Å². The first-order valence-corrected chi connectivity index (χ1v) is 8.11. The minimum Gasteiger partial charge on any atom is -0.388 e. The van der Waals surface area contributed by atoms with Gasteiger partial charge in [0.05, 0.1) is 19.2 Å². The van der Waals surface area contributed by atoms with Gasteiger partial charge in [0.2, 0.25) is 5.89 Å². The first-order chi connectivity index (χ1) is 10.3. The Morgan fingerprint density at radius 1 is 1.57 bits per heavy atom. The Morgan fingerprint density at radius 2 is 2.48 bits per heavy atom. The fourth-order valence-electron chi connectivity index (χ4n) is 2.84. The van der Waals surface area contributed by atoms with E-state index in [1.54, 1.807) is 11.3 Å². The average Bonchev–Trinajstić information content (AvgIpc) is 3.21. The van der Waals surface area contributed by atoms with Crippen LogP contribution in [0.2, 0.25) is 0 Å². The molecular formula is C14H20N4O2S. The molecular weight excluding hydrogens is 288 g/mol. The van der Waals surface area contributed by atoms with Crippen molar-refractivity contribution in [2.75, 3.05) is 6.54 Å². The van der Waals surface area contributed by atoms with Gasteiger partial charge in [-0.2, -0.15) is 4.98 Å². The summed E-state index contributed by atoms with van der Waals surface area (Å²) in [6.45, 7) is 1.94. The summed E-state index contributed by atoms with van der Waals surface area (Å²) in [6.07, 6.45) is 2.61. The molecule has 1 fully saturated rings. The van der Waals surface area contributed by atoms with Gasteiger partial charge in [0.15, 0.2) is 5.82 Å². The molecule has 3 rings (SSSR count). The predicted molar refractivity (Wildman–Crippen MR) is 79.5 cm³/mol. The summed E-state index contributed by atoms with van der Waals surface area (Å²) in [6, 6.07) is 4.33. The lowest BCUT2D eigenvalue weighted by Crippen LogP contribution is -2.30. The molecule has 0 spiro atoms. The maximum atomic E-state index is 10.3. The van der Waals surface area contributed by atoms with Crippen molar-refractivity contribution in [1.82, 2.24) is 15.0 Å². The van der Waals surface area contributed by atoms with Gasteiger partial charge in [0.1, 0.15) is 0 Å².